The lowest BCUT2D eigenvalue weighted by molar-refractivity contribution is -0.132. The van der Waals surface area contributed by atoms with Gasteiger partial charge in [-0.15, -0.1) is 0 Å². The molecule has 1 aromatic carbocycles. The van der Waals surface area contributed by atoms with E-state index in [4.69, 9.17) is 4.84 Å². The highest BCUT2D eigenvalue weighted by Crippen LogP contribution is 2.23. The number of fused-ring (bicyclic) bond motifs is 1. The first-order chi connectivity index (χ1) is 8.79. The maximum atomic E-state index is 11.6. The van der Waals surface area contributed by atoms with Crippen molar-refractivity contribution in [2.45, 2.75) is 32.6 Å². The molecule has 0 radical (unpaired) electrons. The lowest BCUT2D eigenvalue weighted by atomic mass is 10.1. The van der Waals surface area contributed by atoms with Crippen molar-refractivity contribution in [3.63, 3.8) is 0 Å². The zero-order chi connectivity index (χ0) is 12.8. The molecule has 98 valence electrons. The second-order valence-electron chi connectivity index (χ2n) is 4.57. The summed E-state index contributed by atoms with van der Waals surface area (Å²) >= 11 is 0. The summed E-state index contributed by atoms with van der Waals surface area (Å²) in [4.78, 5) is 16.7. The summed E-state index contributed by atoms with van der Waals surface area (Å²) in [5.74, 6) is -0.0861. The smallest absolute Gasteiger partial charge is 0.247 e. The Balaban J connectivity index is 1.80. The Hall–Kier alpha value is -1.55. The quantitative estimate of drug-likeness (QED) is 0.598. The lowest BCUT2D eigenvalue weighted by Gasteiger charge is -2.06. The van der Waals surface area contributed by atoms with E-state index >= 15 is 0 Å². The molecule has 2 N–H and O–H groups in total. The molecule has 0 saturated carbocycles. The molecule has 0 spiro atoms. The van der Waals surface area contributed by atoms with Gasteiger partial charge in [-0.1, -0.05) is 25.5 Å². The molecule has 1 heterocycles. The van der Waals surface area contributed by atoms with Gasteiger partial charge in [0.1, 0.15) is 0 Å². The van der Waals surface area contributed by atoms with Gasteiger partial charge in [0, 0.05) is 12.2 Å². The highest BCUT2D eigenvalue weighted by atomic mass is 16.6. The number of hydroxylamine groups is 1. The van der Waals surface area contributed by atoms with Crippen molar-refractivity contribution in [1.82, 2.24) is 5.48 Å². The summed E-state index contributed by atoms with van der Waals surface area (Å²) in [6, 6.07) is 6.13. The van der Waals surface area contributed by atoms with Gasteiger partial charge in [0.15, 0.2) is 0 Å². The van der Waals surface area contributed by atoms with Gasteiger partial charge in [-0.3, -0.25) is 9.63 Å². The summed E-state index contributed by atoms with van der Waals surface area (Å²) in [6.45, 7) is 3.66. The first-order valence-electron chi connectivity index (χ1n) is 6.56. The van der Waals surface area contributed by atoms with E-state index < -0.39 is 0 Å². The van der Waals surface area contributed by atoms with Crippen molar-refractivity contribution in [2.24, 2.45) is 0 Å². The summed E-state index contributed by atoms with van der Waals surface area (Å²) in [5.41, 5.74) is 6.01. The highest BCUT2D eigenvalue weighted by molar-refractivity contribution is 5.78. The van der Waals surface area contributed by atoms with Crippen molar-refractivity contribution >= 4 is 11.6 Å². The first-order valence-corrected chi connectivity index (χ1v) is 6.56. The third kappa shape index (κ3) is 3.47. The van der Waals surface area contributed by atoms with Crippen molar-refractivity contribution < 1.29 is 9.63 Å². The number of hydrogen-bond acceptors (Lipinski definition) is 3. The molecule has 0 aliphatic carbocycles. The Morgan fingerprint density at radius 2 is 2.39 bits per heavy atom. The number of hydrogen-bond donors (Lipinski definition) is 2. The fourth-order valence-electron chi connectivity index (χ4n) is 2.04. The molecular formula is C14H20N2O2. The van der Waals surface area contributed by atoms with E-state index in [0.29, 0.717) is 13.0 Å². The van der Waals surface area contributed by atoms with Gasteiger partial charge in [0.05, 0.1) is 13.0 Å². The van der Waals surface area contributed by atoms with Gasteiger partial charge in [-0.2, -0.15) is 0 Å². The predicted molar refractivity (Wildman–Crippen MR) is 71.3 cm³/mol. The van der Waals surface area contributed by atoms with Crippen molar-refractivity contribution in [1.29, 1.82) is 0 Å². The number of nitrogens with one attached hydrogen (secondary N) is 2. The molecule has 2 rings (SSSR count). The van der Waals surface area contributed by atoms with E-state index in [1.165, 1.54) is 11.3 Å². The molecule has 4 nitrogen and oxygen atoms in total. The van der Waals surface area contributed by atoms with Crippen molar-refractivity contribution in [2.75, 3.05) is 18.5 Å². The molecule has 0 fully saturated rings. The Kier molecular flexibility index (Phi) is 4.59. The Labute approximate surface area is 108 Å². The van der Waals surface area contributed by atoms with Gasteiger partial charge in [0.25, 0.3) is 0 Å². The van der Waals surface area contributed by atoms with Crippen LogP contribution in [0.2, 0.25) is 0 Å². The maximum Gasteiger partial charge on any atom is 0.247 e. The molecule has 1 aromatic rings. The van der Waals surface area contributed by atoms with E-state index in [1.54, 1.807) is 0 Å². The van der Waals surface area contributed by atoms with Crippen LogP contribution in [0.5, 0.6) is 0 Å². The van der Waals surface area contributed by atoms with E-state index in [2.05, 4.69) is 23.8 Å². The second kappa shape index (κ2) is 6.40. The fraction of sp³-hybridized carbons (Fsp3) is 0.500. The molecule has 0 bridgehead atoms. The molecule has 4 heteroatoms. The zero-order valence-electron chi connectivity index (χ0n) is 10.8. The number of amides is 1. The van der Waals surface area contributed by atoms with Crippen LogP contribution in [-0.2, 0) is 22.5 Å². The van der Waals surface area contributed by atoms with Crippen LogP contribution < -0.4 is 10.8 Å². The van der Waals surface area contributed by atoms with Gasteiger partial charge in [-0.25, -0.2) is 5.48 Å². The van der Waals surface area contributed by atoms with Crippen LogP contribution in [0.15, 0.2) is 18.2 Å². The lowest BCUT2D eigenvalue weighted by Crippen LogP contribution is -2.25. The van der Waals surface area contributed by atoms with Crippen LogP contribution in [0, 0.1) is 0 Å². The van der Waals surface area contributed by atoms with E-state index in [1.807, 2.05) is 12.1 Å². The Morgan fingerprint density at radius 3 is 3.22 bits per heavy atom. The van der Waals surface area contributed by atoms with Gasteiger partial charge >= 0.3 is 0 Å². The van der Waals surface area contributed by atoms with Gasteiger partial charge < -0.3 is 5.32 Å². The maximum absolute atomic E-state index is 11.6. The minimum absolute atomic E-state index is 0.0861. The average molecular weight is 248 g/mol. The van der Waals surface area contributed by atoms with Crippen molar-refractivity contribution in [3.05, 3.63) is 29.3 Å². The molecule has 1 aliphatic heterocycles. The highest BCUT2D eigenvalue weighted by Gasteiger charge is 2.11. The number of carbonyl (C=O) groups excluding carboxylic acids is 1. The molecular weight excluding hydrogens is 228 g/mol. The number of unbranched alkanes of at least 4 members (excludes halogenated alkanes) is 1. The van der Waals surface area contributed by atoms with Crippen LogP contribution in [0.3, 0.4) is 0 Å². The van der Waals surface area contributed by atoms with Gasteiger partial charge in [-0.05, 0) is 30.0 Å². The topological polar surface area (TPSA) is 50.4 Å². The van der Waals surface area contributed by atoms with E-state index in [0.717, 1.165) is 31.4 Å². The van der Waals surface area contributed by atoms with Crippen LogP contribution in [0.4, 0.5) is 5.69 Å². The first kappa shape index (κ1) is 12.9. The van der Waals surface area contributed by atoms with Crippen LogP contribution in [-0.4, -0.2) is 19.1 Å². The SMILES string of the molecule is CCCCONC(=O)Cc1ccc2c(c1)CCN2. The predicted octanol–water partition coefficient (Wildman–Crippen LogP) is 2.04. The standard InChI is InChI=1S/C14H20N2O2/c1-2-3-8-18-16-14(17)10-11-4-5-13-12(9-11)6-7-15-13/h4-5,9,15H,2-3,6-8,10H2,1H3,(H,16,17). The number of benzene rings is 1. The largest absolute Gasteiger partial charge is 0.384 e. The monoisotopic (exact) mass is 248 g/mol. The van der Waals surface area contributed by atoms with Gasteiger partial charge in [0.2, 0.25) is 5.91 Å². The molecule has 0 aromatic heterocycles. The summed E-state index contributed by atoms with van der Waals surface area (Å²) < 4.78 is 0. The fourth-order valence-corrected chi connectivity index (χ4v) is 2.04. The number of rotatable bonds is 6. The minimum atomic E-state index is -0.0861. The molecule has 0 atom stereocenters. The van der Waals surface area contributed by atoms with Crippen LogP contribution in [0.25, 0.3) is 0 Å². The summed E-state index contributed by atoms with van der Waals surface area (Å²) in [5, 5.41) is 3.30. The van der Waals surface area contributed by atoms with Crippen molar-refractivity contribution in [3.8, 4) is 0 Å². The molecule has 0 saturated heterocycles. The van der Waals surface area contributed by atoms with Crippen LogP contribution in [0.1, 0.15) is 30.9 Å². The Morgan fingerprint density at radius 1 is 1.50 bits per heavy atom. The summed E-state index contributed by atoms with van der Waals surface area (Å²) in [7, 11) is 0. The number of anilines is 1. The van der Waals surface area contributed by atoms with E-state index in [9.17, 15) is 4.79 Å². The third-order valence-electron chi connectivity index (χ3n) is 3.03. The minimum Gasteiger partial charge on any atom is -0.384 e. The van der Waals surface area contributed by atoms with E-state index in [-0.39, 0.29) is 5.91 Å². The molecule has 1 aliphatic rings. The zero-order valence-corrected chi connectivity index (χ0v) is 10.8. The molecule has 0 unspecified atom stereocenters. The molecule has 18 heavy (non-hydrogen) atoms. The Bertz CT molecular complexity index is 418. The normalized spacial score (nSPS) is 12.9. The average Bonchev–Trinajstić information content (AvgIpc) is 2.82. The molecule has 1 amide bonds. The summed E-state index contributed by atoms with van der Waals surface area (Å²) in [6.07, 6.45) is 3.44. The van der Waals surface area contributed by atoms with Crippen LogP contribution >= 0.6 is 0 Å². The number of carbonyl (C=O) groups is 1. The second-order valence-corrected chi connectivity index (χ2v) is 4.57. The third-order valence-corrected chi connectivity index (χ3v) is 3.03.